The van der Waals surface area contributed by atoms with Crippen LogP contribution in [0, 0.1) is 6.92 Å². The first-order valence-electron chi connectivity index (χ1n) is 4.88. The highest BCUT2D eigenvalue weighted by atomic mass is 16.5. The predicted octanol–water partition coefficient (Wildman–Crippen LogP) is 3.00. The summed E-state index contributed by atoms with van der Waals surface area (Å²) in [5.41, 5.74) is 2.92. The van der Waals surface area contributed by atoms with E-state index in [1.54, 1.807) is 14.0 Å². The lowest BCUT2D eigenvalue weighted by Crippen LogP contribution is -1.92. The van der Waals surface area contributed by atoms with Gasteiger partial charge < -0.3 is 4.74 Å². The van der Waals surface area contributed by atoms with Gasteiger partial charge in [0.15, 0.2) is 5.78 Å². The molecular formula is C13H16O2. The van der Waals surface area contributed by atoms with Gasteiger partial charge in [0, 0.05) is 0 Å². The number of Topliss-reactive ketones (excluding diaryl/α,β-unsaturated/α-hetero) is 1. The Kier molecular flexibility index (Phi) is 3.67. The Bertz CT molecular complexity index is 403. The Morgan fingerprint density at radius 3 is 2.53 bits per heavy atom. The fraction of sp³-hybridized carbons (Fsp3) is 0.308. The van der Waals surface area contributed by atoms with Crippen LogP contribution in [0.1, 0.15) is 25.0 Å². The Balaban J connectivity index is 3.13. The van der Waals surface area contributed by atoms with E-state index in [0.29, 0.717) is 0 Å². The smallest absolute Gasteiger partial charge is 0.155 e. The fourth-order valence-corrected chi connectivity index (χ4v) is 1.24. The van der Waals surface area contributed by atoms with Crippen LogP contribution in [-0.2, 0) is 4.79 Å². The molecular weight excluding hydrogens is 188 g/mol. The number of ether oxygens (including phenoxy) is 1. The molecule has 1 rings (SSSR count). The van der Waals surface area contributed by atoms with Crippen molar-refractivity contribution >= 4 is 11.9 Å². The van der Waals surface area contributed by atoms with E-state index in [9.17, 15) is 4.79 Å². The summed E-state index contributed by atoms with van der Waals surface area (Å²) in [6.45, 7) is 5.40. The van der Waals surface area contributed by atoms with Gasteiger partial charge in [0.2, 0.25) is 0 Å². The first-order valence-corrected chi connectivity index (χ1v) is 4.88. The Morgan fingerprint density at radius 1 is 1.33 bits per heavy atom. The second kappa shape index (κ2) is 4.78. The van der Waals surface area contributed by atoms with Gasteiger partial charge in [0.1, 0.15) is 5.75 Å². The lowest BCUT2D eigenvalue weighted by Gasteiger charge is -2.05. The molecule has 0 bridgehead atoms. The largest absolute Gasteiger partial charge is 0.497 e. The van der Waals surface area contributed by atoms with Gasteiger partial charge in [-0.1, -0.05) is 6.07 Å². The molecule has 0 spiro atoms. The number of benzene rings is 1. The average Bonchev–Trinajstić information content (AvgIpc) is 2.21. The van der Waals surface area contributed by atoms with Crippen LogP contribution in [0.5, 0.6) is 5.75 Å². The maximum absolute atomic E-state index is 11.1. The minimum Gasteiger partial charge on any atom is -0.497 e. The van der Waals surface area contributed by atoms with Gasteiger partial charge in [-0.05, 0) is 55.7 Å². The van der Waals surface area contributed by atoms with Crippen LogP contribution in [-0.4, -0.2) is 12.9 Å². The number of carbonyl (C=O) groups is 1. The van der Waals surface area contributed by atoms with Gasteiger partial charge in [-0.3, -0.25) is 4.79 Å². The summed E-state index contributed by atoms with van der Waals surface area (Å²) in [5.74, 6) is 0.903. The first kappa shape index (κ1) is 11.5. The minimum absolute atomic E-state index is 0.0946. The van der Waals surface area contributed by atoms with E-state index in [-0.39, 0.29) is 5.78 Å². The van der Waals surface area contributed by atoms with E-state index in [1.807, 2.05) is 38.1 Å². The standard InChI is InChI=1S/C13H16O2/c1-9-5-6-13(15-4)8-12(9)7-10(2)11(3)14/h5-8H,1-4H3. The molecule has 0 unspecified atom stereocenters. The Labute approximate surface area is 90.6 Å². The van der Waals surface area contributed by atoms with Crippen LogP contribution in [0.3, 0.4) is 0 Å². The molecule has 0 aromatic heterocycles. The number of carbonyl (C=O) groups excluding carboxylic acids is 1. The lowest BCUT2D eigenvalue weighted by molar-refractivity contribution is -0.113. The third-order valence-electron chi connectivity index (χ3n) is 2.41. The Morgan fingerprint density at radius 2 is 2.00 bits per heavy atom. The highest BCUT2D eigenvalue weighted by Crippen LogP contribution is 2.19. The van der Waals surface area contributed by atoms with Crippen LogP contribution in [0.25, 0.3) is 6.08 Å². The van der Waals surface area contributed by atoms with Gasteiger partial charge in [0.05, 0.1) is 7.11 Å². The zero-order valence-electron chi connectivity index (χ0n) is 9.63. The maximum atomic E-state index is 11.1. The lowest BCUT2D eigenvalue weighted by atomic mass is 10.0. The fourth-order valence-electron chi connectivity index (χ4n) is 1.24. The molecule has 0 atom stereocenters. The van der Waals surface area contributed by atoms with Crippen LogP contribution in [0.4, 0.5) is 0 Å². The molecule has 1 aromatic carbocycles. The molecule has 2 nitrogen and oxygen atoms in total. The summed E-state index contributed by atoms with van der Waals surface area (Å²) in [5, 5.41) is 0. The molecule has 0 heterocycles. The molecule has 0 amide bonds. The van der Waals surface area contributed by atoms with Crippen molar-refractivity contribution in [2.75, 3.05) is 7.11 Å². The topological polar surface area (TPSA) is 26.3 Å². The van der Waals surface area contributed by atoms with Crippen molar-refractivity contribution in [3.63, 3.8) is 0 Å². The van der Waals surface area contributed by atoms with Crippen molar-refractivity contribution in [1.82, 2.24) is 0 Å². The van der Waals surface area contributed by atoms with Gasteiger partial charge in [0.25, 0.3) is 0 Å². The summed E-state index contributed by atoms with van der Waals surface area (Å²) in [6, 6.07) is 5.83. The van der Waals surface area contributed by atoms with Gasteiger partial charge in [-0.25, -0.2) is 0 Å². The molecule has 0 aliphatic heterocycles. The quantitative estimate of drug-likeness (QED) is 0.707. The third kappa shape index (κ3) is 2.94. The molecule has 80 valence electrons. The molecule has 1 aromatic rings. The molecule has 0 saturated carbocycles. The molecule has 15 heavy (non-hydrogen) atoms. The van der Waals surface area contributed by atoms with E-state index in [0.717, 1.165) is 22.4 Å². The highest BCUT2D eigenvalue weighted by Gasteiger charge is 2.01. The molecule has 0 aliphatic rings. The number of hydrogen-bond acceptors (Lipinski definition) is 2. The SMILES string of the molecule is COc1ccc(C)c(C=C(C)C(C)=O)c1. The molecule has 0 radical (unpaired) electrons. The molecule has 2 heteroatoms. The van der Waals surface area contributed by atoms with E-state index >= 15 is 0 Å². The van der Waals surface area contributed by atoms with Crippen molar-refractivity contribution in [3.05, 3.63) is 34.9 Å². The number of rotatable bonds is 3. The third-order valence-corrected chi connectivity index (χ3v) is 2.41. The summed E-state index contributed by atoms with van der Waals surface area (Å²) in [7, 11) is 1.63. The average molecular weight is 204 g/mol. The second-order valence-electron chi connectivity index (χ2n) is 3.61. The van der Waals surface area contributed by atoms with Crippen molar-refractivity contribution in [3.8, 4) is 5.75 Å². The number of allylic oxidation sites excluding steroid dienone is 1. The summed E-state index contributed by atoms with van der Waals surface area (Å²) >= 11 is 0. The van der Waals surface area contributed by atoms with Crippen molar-refractivity contribution in [2.45, 2.75) is 20.8 Å². The number of methoxy groups -OCH3 is 1. The van der Waals surface area contributed by atoms with Gasteiger partial charge >= 0.3 is 0 Å². The molecule has 0 N–H and O–H groups in total. The number of ketones is 1. The van der Waals surface area contributed by atoms with Crippen LogP contribution in [0.15, 0.2) is 23.8 Å². The van der Waals surface area contributed by atoms with E-state index < -0.39 is 0 Å². The molecule has 0 fully saturated rings. The molecule has 0 saturated heterocycles. The normalized spacial score (nSPS) is 11.3. The van der Waals surface area contributed by atoms with Gasteiger partial charge in [-0.2, -0.15) is 0 Å². The van der Waals surface area contributed by atoms with E-state index in [4.69, 9.17) is 4.74 Å². The maximum Gasteiger partial charge on any atom is 0.155 e. The summed E-state index contributed by atoms with van der Waals surface area (Å²) in [4.78, 5) is 11.1. The van der Waals surface area contributed by atoms with Crippen LogP contribution < -0.4 is 4.74 Å². The van der Waals surface area contributed by atoms with Crippen molar-refractivity contribution < 1.29 is 9.53 Å². The zero-order chi connectivity index (χ0) is 11.4. The van der Waals surface area contributed by atoms with E-state index in [1.165, 1.54) is 0 Å². The van der Waals surface area contributed by atoms with Gasteiger partial charge in [-0.15, -0.1) is 0 Å². The van der Waals surface area contributed by atoms with Crippen LogP contribution in [0.2, 0.25) is 0 Å². The predicted molar refractivity (Wildman–Crippen MR) is 62.1 cm³/mol. The van der Waals surface area contributed by atoms with Crippen molar-refractivity contribution in [1.29, 1.82) is 0 Å². The number of hydrogen-bond donors (Lipinski definition) is 0. The summed E-state index contributed by atoms with van der Waals surface area (Å²) in [6.07, 6.45) is 1.89. The molecule has 0 aliphatic carbocycles. The zero-order valence-corrected chi connectivity index (χ0v) is 9.63. The summed E-state index contributed by atoms with van der Waals surface area (Å²) < 4.78 is 5.14. The first-order chi connectivity index (χ1) is 7.04. The highest BCUT2D eigenvalue weighted by molar-refractivity contribution is 5.97. The van der Waals surface area contributed by atoms with Crippen LogP contribution >= 0.6 is 0 Å². The van der Waals surface area contributed by atoms with E-state index in [2.05, 4.69) is 0 Å². The number of aryl methyl sites for hydroxylation is 1. The monoisotopic (exact) mass is 204 g/mol. The van der Waals surface area contributed by atoms with Crippen molar-refractivity contribution in [2.24, 2.45) is 0 Å². The Hall–Kier alpha value is -1.57. The second-order valence-corrected chi connectivity index (χ2v) is 3.61. The minimum atomic E-state index is 0.0946.